The van der Waals surface area contributed by atoms with Crippen molar-refractivity contribution >= 4 is 29.8 Å². The molecule has 0 spiro atoms. The van der Waals surface area contributed by atoms with Crippen molar-refractivity contribution in [1.82, 2.24) is 0 Å². The van der Waals surface area contributed by atoms with Crippen LogP contribution < -0.4 is 0 Å². The molecule has 0 aromatic carbocycles. The Morgan fingerprint density at radius 3 is 2.11 bits per heavy atom. The van der Waals surface area contributed by atoms with Gasteiger partial charge in [0.25, 0.3) is 0 Å². The van der Waals surface area contributed by atoms with Crippen LogP contribution in [-0.2, 0) is 52.4 Å². The minimum Gasteiger partial charge on any atom is -0.461 e. The predicted molar refractivity (Wildman–Crippen MR) is 157 cm³/mol. The van der Waals surface area contributed by atoms with Gasteiger partial charge in [-0.1, -0.05) is 40.7 Å². The molecule has 0 radical (unpaired) electrons. The van der Waals surface area contributed by atoms with Gasteiger partial charge >= 0.3 is 29.8 Å². The van der Waals surface area contributed by atoms with E-state index in [0.717, 1.165) is 0 Å². The molecule has 0 amide bonds. The number of carbonyl (C=O) groups is 5. The van der Waals surface area contributed by atoms with Crippen molar-refractivity contribution in [3.63, 3.8) is 0 Å². The largest absolute Gasteiger partial charge is 0.461 e. The Morgan fingerprint density at radius 2 is 1.58 bits per heavy atom. The van der Waals surface area contributed by atoms with Gasteiger partial charge in [-0.3, -0.25) is 24.0 Å². The van der Waals surface area contributed by atoms with E-state index in [2.05, 4.69) is 0 Å². The third-order valence-corrected chi connectivity index (χ3v) is 9.86. The van der Waals surface area contributed by atoms with Crippen LogP contribution in [0.25, 0.3) is 0 Å². The van der Waals surface area contributed by atoms with E-state index >= 15 is 0 Å². The molecule has 0 unspecified atom stereocenters. The van der Waals surface area contributed by atoms with E-state index < -0.39 is 89.3 Å². The number of hydrogen-bond acceptors (Lipinski definition) is 12. The summed E-state index contributed by atoms with van der Waals surface area (Å²) < 4.78 is 35.8. The first-order valence-electron chi connectivity index (χ1n) is 15.5. The fourth-order valence-electron chi connectivity index (χ4n) is 7.46. The number of rotatable bonds is 9. The van der Waals surface area contributed by atoms with E-state index in [9.17, 15) is 29.1 Å². The monoisotopic (exact) mass is 634 g/mol. The Bertz CT molecular complexity index is 1300. The van der Waals surface area contributed by atoms with Crippen LogP contribution in [0.2, 0.25) is 0 Å². The third-order valence-electron chi connectivity index (χ3n) is 9.86. The summed E-state index contributed by atoms with van der Waals surface area (Å²) in [5.41, 5.74) is -2.60. The van der Waals surface area contributed by atoms with E-state index in [1.807, 2.05) is 33.8 Å². The van der Waals surface area contributed by atoms with Crippen LogP contribution in [0.3, 0.4) is 0 Å². The Labute approximate surface area is 263 Å². The molecule has 1 N–H and O–H groups in total. The molecule has 3 aliphatic carbocycles. The van der Waals surface area contributed by atoms with Crippen molar-refractivity contribution in [2.24, 2.45) is 29.1 Å². The van der Waals surface area contributed by atoms with E-state index in [-0.39, 0.29) is 30.4 Å². The van der Waals surface area contributed by atoms with Gasteiger partial charge in [-0.2, -0.15) is 0 Å². The molecular weight excluding hydrogens is 588 g/mol. The highest BCUT2D eigenvalue weighted by Crippen LogP contribution is 2.69. The van der Waals surface area contributed by atoms with Crippen LogP contribution in [0.15, 0.2) is 23.3 Å². The number of aliphatic hydroxyl groups excluding tert-OH is 1. The minimum atomic E-state index is -1.43. The van der Waals surface area contributed by atoms with E-state index in [4.69, 9.17) is 28.4 Å². The molecular formula is C33H46O12. The van der Waals surface area contributed by atoms with Crippen LogP contribution in [0.1, 0.15) is 75.2 Å². The highest BCUT2D eigenvalue weighted by Gasteiger charge is 2.83. The molecule has 12 nitrogen and oxygen atoms in total. The number of epoxide rings is 1. The first-order chi connectivity index (χ1) is 20.9. The summed E-state index contributed by atoms with van der Waals surface area (Å²) in [6.45, 7) is 13.6. The first-order valence-corrected chi connectivity index (χ1v) is 15.5. The second kappa shape index (κ2) is 12.5. The molecule has 2 saturated carbocycles. The number of fused-ring (bicyclic) bond motifs is 1. The normalized spacial score (nSPS) is 38.9. The molecule has 45 heavy (non-hydrogen) atoms. The zero-order chi connectivity index (χ0) is 33.6. The highest BCUT2D eigenvalue weighted by atomic mass is 16.7. The van der Waals surface area contributed by atoms with Gasteiger partial charge in [0.1, 0.15) is 24.4 Å². The van der Waals surface area contributed by atoms with Gasteiger partial charge in [-0.05, 0) is 41.7 Å². The Hall–Kier alpha value is -3.25. The molecule has 4 rings (SSSR count). The second-order valence-corrected chi connectivity index (χ2v) is 13.5. The lowest BCUT2D eigenvalue weighted by atomic mass is 9.83. The number of aliphatic hydroxyl groups is 1. The summed E-state index contributed by atoms with van der Waals surface area (Å²) >= 11 is 0. The zero-order valence-electron chi connectivity index (χ0n) is 27.5. The quantitative estimate of drug-likeness (QED) is 0.171. The first kappa shape index (κ1) is 34.6. The average molecular weight is 635 g/mol. The number of esters is 5. The van der Waals surface area contributed by atoms with Crippen LogP contribution in [-0.4, -0.2) is 83.8 Å². The van der Waals surface area contributed by atoms with Crippen LogP contribution in [0.4, 0.5) is 0 Å². The molecule has 1 saturated heterocycles. The molecule has 0 bridgehead atoms. The van der Waals surface area contributed by atoms with Gasteiger partial charge in [0.2, 0.25) is 0 Å². The Morgan fingerprint density at radius 1 is 0.956 bits per heavy atom. The van der Waals surface area contributed by atoms with Crippen LogP contribution in [0.5, 0.6) is 0 Å². The van der Waals surface area contributed by atoms with Crippen molar-refractivity contribution in [2.45, 2.75) is 111 Å². The Balaban J connectivity index is 2.02. The standard InChI is InChI=1S/C33H46O12/c1-10-16(2)30(39)44-26-23(14-34)13-33-28(42-20(6)37)17(3)12-32(33,45-33)29(43-21(7)38)22(15-40-18(4)35)11-24-25(31(24,8)9)27(26)41-19(5)36/h11,13,16-17,24-29,34H,10,12,14-15H2,1-9H3/b22-11+,23-13+/t16-,17+,24-,25-,26-,27+,28+,29+,32+,33+/m1/s1. The minimum absolute atomic E-state index is 0.192. The molecule has 0 aromatic heterocycles. The molecule has 10 atom stereocenters. The van der Waals surface area contributed by atoms with Crippen molar-refractivity contribution in [2.75, 3.05) is 13.2 Å². The summed E-state index contributed by atoms with van der Waals surface area (Å²) in [5, 5.41) is 10.9. The smallest absolute Gasteiger partial charge is 0.309 e. The highest BCUT2D eigenvalue weighted by molar-refractivity contribution is 5.73. The fourth-order valence-corrected chi connectivity index (χ4v) is 7.46. The predicted octanol–water partition coefficient (Wildman–Crippen LogP) is 2.98. The van der Waals surface area contributed by atoms with E-state index in [1.54, 1.807) is 13.0 Å². The van der Waals surface area contributed by atoms with Gasteiger partial charge in [-0.15, -0.1) is 0 Å². The number of carbonyl (C=O) groups excluding carboxylic acids is 5. The number of allylic oxidation sites excluding steroid dienone is 1. The topological polar surface area (TPSA) is 164 Å². The van der Waals surface area contributed by atoms with Gasteiger partial charge < -0.3 is 33.5 Å². The van der Waals surface area contributed by atoms with Crippen molar-refractivity contribution < 1.29 is 57.5 Å². The lowest BCUT2D eigenvalue weighted by molar-refractivity contribution is -0.169. The Kier molecular flexibility index (Phi) is 9.62. The summed E-state index contributed by atoms with van der Waals surface area (Å²) in [4.78, 5) is 62.8. The maximum atomic E-state index is 13.3. The molecule has 3 fully saturated rings. The summed E-state index contributed by atoms with van der Waals surface area (Å²) in [6, 6.07) is 0. The van der Waals surface area contributed by atoms with Crippen molar-refractivity contribution in [3.8, 4) is 0 Å². The lowest BCUT2D eigenvalue weighted by Crippen LogP contribution is -2.44. The molecule has 4 aliphatic rings. The van der Waals surface area contributed by atoms with Crippen LogP contribution in [0, 0.1) is 29.1 Å². The molecule has 250 valence electrons. The van der Waals surface area contributed by atoms with Gasteiger partial charge in [-0.25, -0.2) is 0 Å². The SMILES string of the molecule is CC[C@@H](C)C(=O)O[C@@H]1/C(CO)=C/[C@@]23O[C@@]2(C[C@H](C)[C@@H]3OC(C)=O)[C@@H](OC(C)=O)/C(COC(C)=O)=C/[C@@H]2[C@H]([C@@H]1OC(C)=O)C2(C)C. The van der Waals surface area contributed by atoms with Gasteiger partial charge in [0.15, 0.2) is 17.8 Å². The van der Waals surface area contributed by atoms with E-state index in [1.165, 1.54) is 27.7 Å². The van der Waals surface area contributed by atoms with E-state index in [0.29, 0.717) is 12.0 Å². The average Bonchev–Trinajstić information content (AvgIpc) is 3.72. The van der Waals surface area contributed by atoms with Crippen molar-refractivity contribution in [3.05, 3.63) is 23.3 Å². The van der Waals surface area contributed by atoms with Gasteiger partial charge in [0, 0.05) is 39.2 Å². The second-order valence-electron chi connectivity index (χ2n) is 13.5. The molecule has 1 heterocycles. The third kappa shape index (κ3) is 6.27. The fraction of sp³-hybridized carbons (Fsp3) is 0.727. The summed E-state index contributed by atoms with van der Waals surface area (Å²) in [7, 11) is 0. The number of ether oxygens (including phenoxy) is 6. The van der Waals surface area contributed by atoms with Crippen molar-refractivity contribution in [1.29, 1.82) is 0 Å². The summed E-state index contributed by atoms with van der Waals surface area (Å²) in [6.07, 6.45) is 0.0271. The lowest BCUT2D eigenvalue weighted by Gasteiger charge is -2.31. The molecule has 12 heteroatoms. The van der Waals surface area contributed by atoms with Crippen LogP contribution >= 0.6 is 0 Å². The summed E-state index contributed by atoms with van der Waals surface area (Å²) in [5.74, 6) is -4.39. The molecule has 0 aromatic rings. The zero-order valence-corrected chi connectivity index (χ0v) is 27.5. The maximum absolute atomic E-state index is 13.3. The maximum Gasteiger partial charge on any atom is 0.309 e. The molecule has 1 aliphatic heterocycles. The van der Waals surface area contributed by atoms with Gasteiger partial charge in [0.05, 0.1) is 12.5 Å². The number of hydrogen-bond donors (Lipinski definition) is 1.